The molecule has 1 aromatic carbocycles. The summed E-state index contributed by atoms with van der Waals surface area (Å²) in [6.45, 7) is 3.23. The molecule has 3 N–H and O–H groups in total. The second-order valence-electron chi connectivity index (χ2n) is 4.57. The Morgan fingerprint density at radius 3 is 2.60 bits per heavy atom. The van der Waals surface area contributed by atoms with Crippen molar-refractivity contribution in [3.63, 3.8) is 0 Å². The van der Waals surface area contributed by atoms with Gasteiger partial charge >= 0.3 is 0 Å². The summed E-state index contributed by atoms with van der Waals surface area (Å²) in [6, 6.07) is 5.15. The number of nitrogens with two attached hydrogens (primary N) is 1. The van der Waals surface area contributed by atoms with Crippen molar-refractivity contribution in [3.05, 3.63) is 47.7 Å². The van der Waals surface area contributed by atoms with Crippen molar-refractivity contribution in [2.45, 2.75) is 13.8 Å². The van der Waals surface area contributed by atoms with Crippen molar-refractivity contribution >= 4 is 28.8 Å². The van der Waals surface area contributed by atoms with E-state index in [1.807, 2.05) is 6.92 Å². The summed E-state index contributed by atoms with van der Waals surface area (Å²) in [5, 5.41) is 7.88. The van der Waals surface area contributed by atoms with Crippen LogP contribution in [-0.4, -0.2) is 17.4 Å². The zero-order chi connectivity index (χ0) is 14.9. The van der Waals surface area contributed by atoms with Crippen LogP contribution in [0, 0.1) is 12.3 Å². The van der Waals surface area contributed by atoms with Gasteiger partial charge in [-0.05, 0) is 42.8 Å². The molecule has 1 aliphatic carbocycles. The third kappa shape index (κ3) is 2.51. The lowest BCUT2D eigenvalue weighted by Crippen LogP contribution is -2.32. The minimum atomic E-state index is -0.270. The van der Waals surface area contributed by atoms with Crippen LogP contribution < -0.4 is 10.6 Å². The van der Waals surface area contributed by atoms with Crippen LogP contribution in [0.3, 0.4) is 0 Å². The molecule has 0 aromatic heterocycles. The number of amides is 1. The van der Waals surface area contributed by atoms with Gasteiger partial charge in [0.25, 0.3) is 0 Å². The number of nitrogens with one attached hydrogen (secondary N) is 1. The van der Waals surface area contributed by atoms with Gasteiger partial charge in [0.15, 0.2) is 5.78 Å². The van der Waals surface area contributed by atoms with E-state index in [1.54, 1.807) is 18.2 Å². The number of rotatable bonds is 2. The SMILES string of the molecule is CC(=O)N(C1=CC(=O)C=CC1=N)c1ccc(N)c(C)c1. The number of allylic oxidation sites excluding steroid dienone is 3. The van der Waals surface area contributed by atoms with Crippen LogP contribution in [0.15, 0.2) is 42.1 Å². The van der Waals surface area contributed by atoms with Crippen LogP contribution in [-0.2, 0) is 9.59 Å². The number of hydrogen-bond acceptors (Lipinski definition) is 4. The fraction of sp³-hybridized carbons (Fsp3) is 0.133. The first-order valence-corrected chi connectivity index (χ1v) is 6.09. The zero-order valence-corrected chi connectivity index (χ0v) is 11.3. The number of nitrogens with zero attached hydrogens (tertiary/aromatic N) is 1. The molecule has 0 saturated heterocycles. The highest BCUT2D eigenvalue weighted by Crippen LogP contribution is 2.25. The topological polar surface area (TPSA) is 87.2 Å². The van der Waals surface area contributed by atoms with Gasteiger partial charge < -0.3 is 5.73 Å². The van der Waals surface area contributed by atoms with E-state index in [2.05, 4.69) is 0 Å². The number of nitrogen functional groups attached to an aromatic ring is 1. The van der Waals surface area contributed by atoms with Gasteiger partial charge in [0.05, 0.1) is 11.4 Å². The molecular formula is C15H15N3O2. The average Bonchev–Trinajstić information content (AvgIpc) is 2.38. The Balaban J connectivity index is 2.52. The summed E-state index contributed by atoms with van der Waals surface area (Å²) in [5.41, 5.74) is 8.20. The van der Waals surface area contributed by atoms with Gasteiger partial charge in [0.2, 0.25) is 5.91 Å². The second kappa shape index (κ2) is 5.13. The lowest BCUT2D eigenvalue weighted by atomic mass is 10.1. The fourth-order valence-electron chi connectivity index (χ4n) is 1.99. The Bertz CT molecular complexity index is 672. The molecule has 5 nitrogen and oxygen atoms in total. The number of carbonyl (C=O) groups is 2. The van der Waals surface area contributed by atoms with Gasteiger partial charge in [-0.3, -0.25) is 19.9 Å². The van der Waals surface area contributed by atoms with Crippen molar-refractivity contribution in [2.24, 2.45) is 0 Å². The quantitative estimate of drug-likeness (QED) is 0.635. The Hall–Kier alpha value is -2.69. The van der Waals surface area contributed by atoms with Gasteiger partial charge in [0.1, 0.15) is 0 Å². The van der Waals surface area contributed by atoms with Crippen molar-refractivity contribution in [3.8, 4) is 0 Å². The third-order valence-electron chi connectivity index (χ3n) is 3.04. The number of carbonyl (C=O) groups excluding carboxylic acids is 2. The lowest BCUT2D eigenvalue weighted by molar-refractivity contribution is -0.116. The number of anilines is 2. The van der Waals surface area contributed by atoms with E-state index >= 15 is 0 Å². The molecule has 0 saturated carbocycles. The smallest absolute Gasteiger partial charge is 0.228 e. The van der Waals surface area contributed by atoms with E-state index in [0.29, 0.717) is 11.4 Å². The molecule has 2 rings (SSSR count). The molecule has 1 amide bonds. The van der Waals surface area contributed by atoms with Crippen LogP contribution in [0.4, 0.5) is 11.4 Å². The normalized spacial score (nSPS) is 14.2. The van der Waals surface area contributed by atoms with Gasteiger partial charge in [-0.1, -0.05) is 0 Å². The molecule has 102 valence electrons. The number of hydrogen-bond donors (Lipinski definition) is 2. The van der Waals surface area contributed by atoms with E-state index in [4.69, 9.17) is 11.1 Å². The molecule has 0 heterocycles. The van der Waals surface area contributed by atoms with Crippen molar-refractivity contribution in [1.29, 1.82) is 5.41 Å². The third-order valence-corrected chi connectivity index (χ3v) is 3.04. The van der Waals surface area contributed by atoms with Crippen LogP contribution >= 0.6 is 0 Å². The Morgan fingerprint density at radius 1 is 1.30 bits per heavy atom. The molecule has 0 bridgehead atoms. The van der Waals surface area contributed by atoms with E-state index in [9.17, 15) is 9.59 Å². The van der Waals surface area contributed by atoms with Gasteiger partial charge in [-0.25, -0.2) is 0 Å². The van der Waals surface area contributed by atoms with Gasteiger partial charge in [-0.2, -0.15) is 0 Å². The Kier molecular flexibility index (Phi) is 3.52. The lowest BCUT2D eigenvalue weighted by Gasteiger charge is -2.25. The van der Waals surface area contributed by atoms with E-state index < -0.39 is 0 Å². The maximum absolute atomic E-state index is 11.9. The van der Waals surface area contributed by atoms with Crippen LogP contribution in [0.5, 0.6) is 0 Å². The molecule has 0 atom stereocenters. The van der Waals surface area contributed by atoms with Crippen LogP contribution in [0.1, 0.15) is 12.5 Å². The molecule has 0 fully saturated rings. The molecular weight excluding hydrogens is 254 g/mol. The van der Waals surface area contributed by atoms with Gasteiger partial charge in [0, 0.05) is 24.4 Å². The highest BCUT2D eigenvalue weighted by molar-refractivity contribution is 6.23. The minimum Gasteiger partial charge on any atom is -0.399 e. The first-order chi connectivity index (χ1) is 9.40. The Morgan fingerprint density at radius 2 is 2.00 bits per heavy atom. The van der Waals surface area contributed by atoms with Crippen LogP contribution in [0.2, 0.25) is 0 Å². The molecule has 0 unspecified atom stereocenters. The molecule has 0 aliphatic heterocycles. The molecule has 20 heavy (non-hydrogen) atoms. The summed E-state index contributed by atoms with van der Waals surface area (Å²) >= 11 is 0. The standard InChI is InChI=1S/C15H15N3O2/c1-9-7-11(3-5-13(9)16)18(10(2)19)15-8-12(20)4-6-14(15)17/h3-8,17H,16H2,1-2H3. The summed E-state index contributed by atoms with van der Waals surface area (Å²) in [6.07, 6.45) is 3.98. The minimum absolute atomic E-state index is 0.120. The molecule has 1 aliphatic rings. The van der Waals surface area contributed by atoms with Gasteiger partial charge in [-0.15, -0.1) is 0 Å². The number of aryl methyl sites for hydroxylation is 1. The number of benzene rings is 1. The van der Waals surface area contributed by atoms with E-state index in [1.165, 1.54) is 30.1 Å². The molecule has 0 radical (unpaired) electrons. The van der Waals surface area contributed by atoms with Crippen molar-refractivity contribution in [1.82, 2.24) is 0 Å². The molecule has 1 aromatic rings. The van der Waals surface area contributed by atoms with Crippen LogP contribution in [0.25, 0.3) is 0 Å². The Labute approximate surface area is 116 Å². The van der Waals surface area contributed by atoms with Crippen molar-refractivity contribution < 1.29 is 9.59 Å². The summed E-state index contributed by atoms with van der Waals surface area (Å²) < 4.78 is 0. The van der Waals surface area contributed by atoms with E-state index in [0.717, 1.165) is 5.56 Å². The second-order valence-corrected chi connectivity index (χ2v) is 4.57. The summed E-state index contributed by atoms with van der Waals surface area (Å²) in [4.78, 5) is 24.7. The summed E-state index contributed by atoms with van der Waals surface area (Å²) in [7, 11) is 0. The largest absolute Gasteiger partial charge is 0.399 e. The predicted octanol–water partition coefficient (Wildman–Crippen LogP) is 1.97. The first kappa shape index (κ1) is 13.7. The summed E-state index contributed by atoms with van der Waals surface area (Å²) in [5.74, 6) is -0.511. The number of ketones is 1. The maximum atomic E-state index is 11.9. The first-order valence-electron chi connectivity index (χ1n) is 6.09. The highest BCUT2D eigenvalue weighted by Gasteiger charge is 2.22. The average molecular weight is 269 g/mol. The fourth-order valence-corrected chi connectivity index (χ4v) is 1.99. The van der Waals surface area contributed by atoms with E-state index in [-0.39, 0.29) is 23.1 Å². The zero-order valence-electron chi connectivity index (χ0n) is 11.3. The van der Waals surface area contributed by atoms with Crippen molar-refractivity contribution in [2.75, 3.05) is 10.6 Å². The maximum Gasteiger partial charge on any atom is 0.228 e. The molecule has 0 spiro atoms. The predicted molar refractivity (Wildman–Crippen MR) is 78.7 cm³/mol. The monoisotopic (exact) mass is 269 g/mol. The highest BCUT2D eigenvalue weighted by atomic mass is 16.2. The molecule has 5 heteroatoms.